The summed E-state index contributed by atoms with van der Waals surface area (Å²) in [7, 11) is 0. The maximum absolute atomic E-state index is 8.36. The first kappa shape index (κ1) is 18.3. The van der Waals surface area contributed by atoms with E-state index >= 15 is 0 Å². The molecule has 0 saturated carbocycles. The van der Waals surface area contributed by atoms with Gasteiger partial charge < -0.3 is 5.41 Å². The van der Waals surface area contributed by atoms with E-state index in [1.807, 2.05) is 45.0 Å². The lowest BCUT2D eigenvalue weighted by molar-refractivity contribution is 1.04. The zero-order chi connectivity index (χ0) is 19.2. The Morgan fingerprint density at radius 1 is 0.815 bits per heavy atom. The van der Waals surface area contributed by atoms with Gasteiger partial charge in [-0.3, -0.25) is 4.99 Å². The number of allylic oxidation sites excluding steroid dienone is 1. The number of aliphatic imine (C=N–C) groups is 1. The molecule has 0 aliphatic carbocycles. The standard InChI is InChI=1S/C21H20N6/c1-14-4-6-17(7-5-14)9-27-21(19-12-25-16(3)26-13-19)8-20(22)18-10-23-15(2)24-11-18/h4-13,22H,1-3H3/b21-8-,22-20?,27-9?. The van der Waals surface area contributed by atoms with Crippen molar-refractivity contribution in [3.63, 3.8) is 0 Å². The summed E-state index contributed by atoms with van der Waals surface area (Å²) in [6.45, 7) is 5.68. The first-order valence-electron chi connectivity index (χ1n) is 8.50. The summed E-state index contributed by atoms with van der Waals surface area (Å²) in [6, 6.07) is 8.07. The molecule has 0 amide bonds. The third-order valence-corrected chi connectivity index (χ3v) is 3.88. The van der Waals surface area contributed by atoms with Crippen LogP contribution < -0.4 is 0 Å². The van der Waals surface area contributed by atoms with Crippen LogP contribution in [0.5, 0.6) is 0 Å². The quantitative estimate of drug-likeness (QED) is 0.706. The molecule has 0 fully saturated rings. The fourth-order valence-corrected chi connectivity index (χ4v) is 2.27. The normalized spacial score (nSPS) is 11.7. The topological polar surface area (TPSA) is 87.8 Å². The van der Waals surface area contributed by atoms with Gasteiger partial charge >= 0.3 is 0 Å². The van der Waals surface area contributed by atoms with Gasteiger partial charge in [0.1, 0.15) is 11.6 Å². The highest BCUT2D eigenvalue weighted by Crippen LogP contribution is 2.16. The highest BCUT2D eigenvalue weighted by Gasteiger charge is 2.06. The van der Waals surface area contributed by atoms with Crippen molar-refractivity contribution < 1.29 is 0 Å². The predicted octanol–water partition coefficient (Wildman–Crippen LogP) is 3.72. The average molecular weight is 356 g/mol. The van der Waals surface area contributed by atoms with E-state index in [0.717, 1.165) is 11.1 Å². The van der Waals surface area contributed by atoms with Crippen LogP contribution in [0.1, 0.15) is 33.9 Å². The highest BCUT2D eigenvalue weighted by molar-refractivity contribution is 6.10. The van der Waals surface area contributed by atoms with Crippen LogP contribution in [0, 0.1) is 26.2 Å². The van der Waals surface area contributed by atoms with Gasteiger partial charge in [0, 0.05) is 42.1 Å². The van der Waals surface area contributed by atoms with Crippen LogP contribution in [0.4, 0.5) is 0 Å². The Bertz CT molecular complexity index is 984. The molecule has 0 aliphatic heterocycles. The molecule has 0 aliphatic rings. The van der Waals surface area contributed by atoms with E-state index in [-0.39, 0.29) is 5.71 Å². The van der Waals surface area contributed by atoms with Crippen LogP contribution in [-0.4, -0.2) is 31.9 Å². The fourth-order valence-electron chi connectivity index (χ4n) is 2.27. The van der Waals surface area contributed by atoms with Crippen LogP contribution >= 0.6 is 0 Å². The van der Waals surface area contributed by atoms with E-state index in [2.05, 4.69) is 24.9 Å². The van der Waals surface area contributed by atoms with Crippen molar-refractivity contribution in [2.45, 2.75) is 20.8 Å². The molecule has 0 atom stereocenters. The maximum Gasteiger partial charge on any atom is 0.125 e. The molecule has 2 heterocycles. The van der Waals surface area contributed by atoms with Gasteiger partial charge in [-0.2, -0.15) is 0 Å². The van der Waals surface area contributed by atoms with Crippen LogP contribution in [-0.2, 0) is 0 Å². The molecule has 3 aromatic rings. The number of hydrogen-bond acceptors (Lipinski definition) is 6. The summed E-state index contributed by atoms with van der Waals surface area (Å²) in [5.74, 6) is 1.35. The lowest BCUT2D eigenvalue weighted by Crippen LogP contribution is -2.00. The minimum absolute atomic E-state index is 0.270. The molecule has 0 unspecified atom stereocenters. The summed E-state index contributed by atoms with van der Waals surface area (Å²) >= 11 is 0. The second-order valence-electron chi connectivity index (χ2n) is 6.15. The number of nitrogens with one attached hydrogen (secondary N) is 1. The maximum atomic E-state index is 8.36. The molecule has 3 rings (SSSR count). The van der Waals surface area contributed by atoms with Gasteiger partial charge in [-0.1, -0.05) is 29.8 Å². The zero-order valence-corrected chi connectivity index (χ0v) is 15.5. The first-order chi connectivity index (χ1) is 13.0. The van der Waals surface area contributed by atoms with Crippen LogP contribution in [0.25, 0.3) is 5.70 Å². The van der Waals surface area contributed by atoms with E-state index < -0.39 is 0 Å². The van der Waals surface area contributed by atoms with Gasteiger partial charge in [0.05, 0.1) is 11.4 Å². The molecule has 27 heavy (non-hydrogen) atoms. The number of aromatic nitrogens is 4. The summed E-state index contributed by atoms with van der Waals surface area (Å²) in [4.78, 5) is 21.4. The monoisotopic (exact) mass is 356 g/mol. The van der Waals surface area contributed by atoms with E-state index in [0.29, 0.717) is 22.9 Å². The average Bonchev–Trinajstić information content (AvgIpc) is 2.67. The van der Waals surface area contributed by atoms with Gasteiger partial charge in [-0.15, -0.1) is 0 Å². The molecule has 6 heteroatoms. The van der Waals surface area contributed by atoms with E-state index in [1.165, 1.54) is 5.56 Å². The van der Waals surface area contributed by atoms with E-state index in [4.69, 9.17) is 5.41 Å². The molecular formula is C21H20N6. The number of nitrogens with zero attached hydrogens (tertiary/aromatic N) is 5. The highest BCUT2D eigenvalue weighted by atomic mass is 14.9. The van der Waals surface area contributed by atoms with Crippen molar-refractivity contribution in [2.24, 2.45) is 4.99 Å². The SMILES string of the molecule is Cc1ccc(C=N/C(=C\C(=N)c2cnc(C)nc2)c2cnc(C)nc2)cc1. The third kappa shape index (κ3) is 4.98. The minimum Gasteiger partial charge on any atom is -0.300 e. The van der Waals surface area contributed by atoms with Crippen molar-refractivity contribution >= 4 is 17.6 Å². The lowest BCUT2D eigenvalue weighted by atomic mass is 10.1. The molecule has 134 valence electrons. The van der Waals surface area contributed by atoms with Gasteiger partial charge in [0.15, 0.2) is 0 Å². The van der Waals surface area contributed by atoms with Gasteiger partial charge in [0.2, 0.25) is 0 Å². The molecule has 1 aromatic carbocycles. The van der Waals surface area contributed by atoms with Crippen LogP contribution in [0.2, 0.25) is 0 Å². The predicted molar refractivity (Wildman–Crippen MR) is 107 cm³/mol. The number of hydrogen-bond donors (Lipinski definition) is 1. The second-order valence-corrected chi connectivity index (χ2v) is 6.15. The van der Waals surface area contributed by atoms with E-state index in [1.54, 1.807) is 37.1 Å². The molecule has 6 nitrogen and oxygen atoms in total. The molecule has 0 bridgehead atoms. The Labute approximate surface area is 158 Å². The van der Waals surface area contributed by atoms with Gasteiger partial charge in [-0.25, -0.2) is 19.9 Å². The second kappa shape index (κ2) is 8.23. The summed E-state index contributed by atoms with van der Waals surface area (Å²) in [6.07, 6.45) is 10.1. The fraction of sp³-hybridized carbons (Fsp3) is 0.143. The zero-order valence-electron chi connectivity index (χ0n) is 15.5. The first-order valence-corrected chi connectivity index (χ1v) is 8.50. The molecule has 0 saturated heterocycles. The van der Waals surface area contributed by atoms with Gasteiger partial charge in [0.25, 0.3) is 0 Å². The van der Waals surface area contributed by atoms with Crippen molar-refractivity contribution in [3.05, 3.63) is 89.0 Å². The summed E-state index contributed by atoms with van der Waals surface area (Å²) < 4.78 is 0. The Morgan fingerprint density at radius 2 is 1.33 bits per heavy atom. The third-order valence-electron chi connectivity index (χ3n) is 3.88. The van der Waals surface area contributed by atoms with Crippen molar-refractivity contribution in [2.75, 3.05) is 0 Å². The molecule has 2 aromatic heterocycles. The van der Waals surface area contributed by atoms with Gasteiger partial charge in [-0.05, 0) is 32.4 Å². The molecule has 0 spiro atoms. The molecule has 1 N–H and O–H groups in total. The van der Waals surface area contributed by atoms with Crippen molar-refractivity contribution in [1.82, 2.24) is 19.9 Å². The Kier molecular flexibility index (Phi) is 5.56. The van der Waals surface area contributed by atoms with Crippen LogP contribution in [0.3, 0.4) is 0 Å². The Balaban J connectivity index is 1.96. The molecule has 0 radical (unpaired) electrons. The number of rotatable bonds is 5. The van der Waals surface area contributed by atoms with Crippen LogP contribution in [0.15, 0.2) is 60.1 Å². The van der Waals surface area contributed by atoms with Crippen molar-refractivity contribution in [1.29, 1.82) is 5.41 Å². The summed E-state index contributed by atoms with van der Waals surface area (Å²) in [5.41, 5.74) is 4.40. The summed E-state index contributed by atoms with van der Waals surface area (Å²) in [5, 5.41) is 8.36. The Morgan fingerprint density at radius 3 is 1.89 bits per heavy atom. The smallest absolute Gasteiger partial charge is 0.125 e. The van der Waals surface area contributed by atoms with E-state index in [9.17, 15) is 0 Å². The minimum atomic E-state index is 0.270. The number of benzene rings is 1. The van der Waals surface area contributed by atoms with Crippen molar-refractivity contribution in [3.8, 4) is 0 Å². The Hall–Kier alpha value is -3.54. The number of aryl methyl sites for hydroxylation is 3. The lowest BCUT2D eigenvalue weighted by Gasteiger charge is -2.04. The molecular weight excluding hydrogens is 336 g/mol. The largest absolute Gasteiger partial charge is 0.300 e.